The highest BCUT2D eigenvalue weighted by molar-refractivity contribution is 5.75. The second-order valence-corrected chi connectivity index (χ2v) is 3.87. The smallest absolute Gasteiger partial charge is 0.222 e. The lowest BCUT2D eigenvalue weighted by atomic mass is 10.1. The normalized spacial score (nSPS) is 10.3. The molecule has 3 nitrogen and oxygen atoms in total. The Hall–Kier alpha value is -0.570. The Morgan fingerprint density at radius 1 is 1.00 bits per heavy atom. The molecule has 90 valence electrons. The molecule has 0 aromatic carbocycles. The fraction of sp³-hybridized carbons (Fsp3) is 0.917. The minimum atomic E-state index is 0.304. The molecule has 0 unspecified atom stereocenters. The van der Waals surface area contributed by atoms with Crippen molar-refractivity contribution in [1.29, 1.82) is 0 Å². The molecule has 15 heavy (non-hydrogen) atoms. The van der Waals surface area contributed by atoms with E-state index < -0.39 is 0 Å². The summed E-state index contributed by atoms with van der Waals surface area (Å²) in [5.74, 6) is 0.304. The zero-order valence-electron chi connectivity index (χ0n) is 10.3. The molecule has 0 bridgehead atoms. The molecule has 0 aliphatic rings. The Labute approximate surface area is 94.0 Å². The van der Waals surface area contributed by atoms with Crippen LogP contribution in [0.2, 0.25) is 0 Å². The van der Waals surface area contributed by atoms with Crippen LogP contribution in [0.25, 0.3) is 0 Å². The van der Waals surface area contributed by atoms with Gasteiger partial charge in [-0.3, -0.25) is 4.79 Å². The molecule has 0 aliphatic heterocycles. The van der Waals surface area contributed by atoms with E-state index in [1.54, 1.807) is 0 Å². The first-order valence-electron chi connectivity index (χ1n) is 6.24. The monoisotopic (exact) mass is 214 g/mol. The summed E-state index contributed by atoms with van der Waals surface area (Å²) in [6, 6.07) is 0. The lowest BCUT2D eigenvalue weighted by Gasteiger charge is -2.18. The van der Waals surface area contributed by atoms with Gasteiger partial charge in [-0.1, -0.05) is 19.3 Å². The number of nitrogens with two attached hydrogens (primary N) is 1. The van der Waals surface area contributed by atoms with Crippen molar-refractivity contribution < 1.29 is 4.79 Å². The van der Waals surface area contributed by atoms with Crippen LogP contribution in [0.3, 0.4) is 0 Å². The molecule has 0 saturated carbocycles. The molecular weight excluding hydrogens is 188 g/mol. The maximum atomic E-state index is 11.6. The second-order valence-electron chi connectivity index (χ2n) is 3.87. The molecule has 0 fully saturated rings. The van der Waals surface area contributed by atoms with E-state index in [0.717, 1.165) is 38.9 Å². The van der Waals surface area contributed by atoms with E-state index in [9.17, 15) is 4.79 Å². The summed E-state index contributed by atoms with van der Waals surface area (Å²) >= 11 is 0. The van der Waals surface area contributed by atoms with E-state index >= 15 is 0 Å². The van der Waals surface area contributed by atoms with Gasteiger partial charge in [-0.15, -0.1) is 0 Å². The van der Waals surface area contributed by atoms with E-state index in [-0.39, 0.29) is 0 Å². The molecule has 0 heterocycles. The molecule has 0 rings (SSSR count). The van der Waals surface area contributed by atoms with Gasteiger partial charge in [0.2, 0.25) is 5.91 Å². The molecule has 0 atom stereocenters. The van der Waals surface area contributed by atoms with Gasteiger partial charge in [0.05, 0.1) is 0 Å². The van der Waals surface area contributed by atoms with Crippen molar-refractivity contribution in [3.8, 4) is 0 Å². The van der Waals surface area contributed by atoms with Crippen LogP contribution in [-0.4, -0.2) is 30.4 Å². The maximum Gasteiger partial charge on any atom is 0.222 e. The highest BCUT2D eigenvalue weighted by Crippen LogP contribution is 2.06. The number of carbonyl (C=O) groups excluding carboxylic acids is 1. The molecule has 1 amide bonds. The molecule has 2 N–H and O–H groups in total. The third-order valence-electron chi connectivity index (χ3n) is 2.71. The fourth-order valence-electron chi connectivity index (χ4n) is 1.69. The Bertz CT molecular complexity index is 156. The van der Waals surface area contributed by atoms with Gasteiger partial charge < -0.3 is 10.6 Å². The number of carbonyl (C=O) groups is 1. The van der Waals surface area contributed by atoms with E-state index in [4.69, 9.17) is 5.73 Å². The summed E-state index contributed by atoms with van der Waals surface area (Å²) in [4.78, 5) is 13.5. The topological polar surface area (TPSA) is 46.3 Å². The number of hydrogen-bond donors (Lipinski definition) is 1. The molecule has 0 radical (unpaired) electrons. The summed E-state index contributed by atoms with van der Waals surface area (Å²) in [5.41, 5.74) is 5.41. The average molecular weight is 214 g/mol. The van der Waals surface area contributed by atoms with E-state index in [1.165, 1.54) is 12.8 Å². The summed E-state index contributed by atoms with van der Waals surface area (Å²) in [5, 5.41) is 0. The zero-order chi connectivity index (χ0) is 11.5. The largest absolute Gasteiger partial charge is 0.343 e. The summed E-state index contributed by atoms with van der Waals surface area (Å²) in [7, 11) is 0. The van der Waals surface area contributed by atoms with Crippen LogP contribution in [0.5, 0.6) is 0 Å². The first kappa shape index (κ1) is 14.4. The van der Waals surface area contributed by atoms with E-state index in [0.29, 0.717) is 12.3 Å². The molecule has 0 saturated heterocycles. The second kappa shape index (κ2) is 9.97. The predicted octanol–water partition coefficient (Wildman–Crippen LogP) is 2.15. The highest BCUT2D eigenvalue weighted by Gasteiger charge is 2.07. The standard InChI is InChI=1S/C12H26N2O/c1-3-14(4-2)12(15)10-8-6-5-7-9-11-13/h3-11,13H2,1-2H3. The lowest BCUT2D eigenvalue weighted by Crippen LogP contribution is -2.30. The van der Waals surface area contributed by atoms with Crippen molar-refractivity contribution in [1.82, 2.24) is 4.90 Å². The Morgan fingerprint density at radius 2 is 1.53 bits per heavy atom. The third kappa shape index (κ3) is 7.37. The first-order valence-corrected chi connectivity index (χ1v) is 6.24. The Balaban J connectivity index is 3.38. The van der Waals surface area contributed by atoms with Gasteiger partial charge in [-0.05, 0) is 33.2 Å². The van der Waals surface area contributed by atoms with E-state index in [1.807, 2.05) is 18.7 Å². The highest BCUT2D eigenvalue weighted by atomic mass is 16.2. The number of amides is 1. The van der Waals surface area contributed by atoms with Gasteiger partial charge in [0.1, 0.15) is 0 Å². The Kier molecular flexibility index (Phi) is 9.59. The molecule has 3 heteroatoms. The molecule has 0 spiro atoms. The molecule has 0 aromatic rings. The molecule has 0 aliphatic carbocycles. The number of hydrogen-bond acceptors (Lipinski definition) is 2. The van der Waals surface area contributed by atoms with Gasteiger partial charge in [0.15, 0.2) is 0 Å². The van der Waals surface area contributed by atoms with Crippen molar-refractivity contribution >= 4 is 5.91 Å². The summed E-state index contributed by atoms with van der Waals surface area (Å²) in [6.07, 6.45) is 6.43. The number of nitrogens with zero attached hydrogens (tertiary/aromatic N) is 1. The number of unbranched alkanes of at least 4 members (excludes halogenated alkanes) is 4. The van der Waals surface area contributed by atoms with Crippen molar-refractivity contribution in [2.24, 2.45) is 5.73 Å². The quantitative estimate of drug-likeness (QED) is 0.598. The van der Waals surface area contributed by atoms with Gasteiger partial charge in [0, 0.05) is 19.5 Å². The predicted molar refractivity (Wildman–Crippen MR) is 64.7 cm³/mol. The summed E-state index contributed by atoms with van der Waals surface area (Å²) < 4.78 is 0. The van der Waals surface area contributed by atoms with Crippen molar-refractivity contribution in [2.45, 2.75) is 52.4 Å². The van der Waals surface area contributed by atoms with Gasteiger partial charge >= 0.3 is 0 Å². The van der Waals surface area contributed by atoms with Crippen molar-refractivity contribution in [3.63, 3.8) is 0 Å². The maximum absolute atomic E-state index is 11.6. The van der Waals surface area contributed by atoms with Crippen molar-refractivity contribution in [3.05, 3.63) is 0 Å². The van der Waals surface area contributed by atoms with Crippen LogP contribution in [0.1, 0.15) is 52.4 Å². The summed E-state index contributed by atoms with van der Waals surface area (Å²) in [6.45, 7) is 6.52. The number of rotatable bonds is 9. The van der Waals surface area contributed by atoms with Crippen molar-refractivity contribution in [2.75, 3.05) is 19.6 Å². The minimum Gasteiger partial charge on any atom is -0.343 e. The van der Waals surface area contributed by atoms with Crippen LogP contribution in [-0.2, 0) is 4.79 Å². The van der Waals surface area contributed by atoms with Crippen LogP contribution >= 0.6 is 0 Å². The van der Waals surface area contributed by atoms with Crippen LogP contribution in [0.4, 0.5) is 0 Å². The van der Waals surface area contributed by atoms with Crippen LogP contribution in [0, 0.1) is 0 Å². The Morgan fingerprint density at radius 3 is 2.07 bits per heavy atom. The minimum absolute atomic E-state index is 0.304. The lowest BCUT2D eigenvalue weighted by molar-refractivity contribution is -0.130. The van der Waals surface area contributed by atoms with Gasteiger partial charge in [0.25, 0.3) is 0 Å². The van der Waals surface area contributed by atoms with Crippen LogP contribution < -0.4 is 5.73 Å². The molecule has 0 aromatic heterocycles. The SMILES string of the molecule is CCN(CC)C(=O)CCCCCCCN. The van der Waals surface area contributed by atoms with E-state index in [2.05, 4.69) is 0 Å². The van der Waals surface area contributed by atoms with Gasteiger partial charge in [-0.25, -0.2) is 0 Å². The third-order valence-corrected chi connectivity index (χ3v) is 2.71. The average Bonchev–Trinajstić information content (AvgIpc) is 2.25. The fourth-order valence-corrected chi connectivity index (χ4v) is 1.69. The first-order chi connectivity index (χ1) is 7.26. The van der Waals surface area contributed by atoms with Crippen LogP contribution in [0.15, 0.2) is 0 Å². The zero-order valence-corrected chi connectivity index (χ0v) is 10.3. The van der Waals surface area contributed by atoms with Gasteiger partial charge in [-0.2, -0.15) is 0 Å². The molecular formula is C12H26N2O.